The fraction of sp³-hybridized carbons (Fsp3) is 0.533. The predicted molar refractivity (Wildman–Crippen MR) is 82.2 cm³/mol. The summed E-state index contributed by atoms with van der Waals surface area (Å²) in [6.45, 7) is 2.03. The molecule has 0 unspecified atom stereocenters. The molecule has 1 aromatic carbocycles. The summed E-state index contributed by atoms with van der Waals surface area (Å²) in [5, 5.41) is 5.83. The van der Waals surface area contributed by atoms with Gasteiger partial charge in [-0.2, -0.15) is 0 Å². The van der Waals surface area contributed by atoms with Gasteiger partial charge in [0.05, 0.1) is 14.2 Å². The highest BCUT2D eigenvalue weighted by atomic mass is 16.5. The summed E-state index contributed by atoms with van der Waals surface area (Å²) < 4.78 is 10.4. The maximum absolute atomic E-state index is 12.0. The zero-order valence-electron chi connectivity index (χ0n) is 12.8. The minimum atomic E-state index is -0.184. The summed E-state index contributed by atoms with van der Waals surface area (Å²) in [7, 11) is 5.25. The van der Waals surface area contributed by atoms with Crippen LogP contribution in [0.1, 0.15) is 12.8 Å². The molecule has 0 aliphatic carbocycles. The number of nitrogens with one attached hydrogen (secondary N) is 2. The molecule has 0 radical (unpaired) electrons. The molecular formula is C15H23N3O3. The van der Waals surface area contributed by atoms with Gasteiger partial charge in [-0.3, -0.25) is 0 Å². The van der Waals surface area contributed by atoms with Gasteiger partial charge >= 0.3 is 6.03 Å². The topological polar surface area (TPSA) is 62.8 Å². The summed E-state index contributed by atoms with van der Waals surface area (Å²) in [6.07, 6.45) is 1.96. The molecule has 2 N–H and O–H groups in total. The van der Waals surface area contributed by atoms with E-state index in [0.29, 0.717) is 17.2 Å². The number of likely N-dealkylation sites (tertiary alicyclic amines) is 1. The molecule has 0 spiro atoms. The quantitative estimate of drug-likeness (QED) is 0.890. The summed E-state index contributed by atoms with van der Waals surface area (Å²) in [4.78, 5) is 14.3. The zero-order chi connectivity index (χ0) is 15.2. The molecule has 2 rings (SSSR count). The monoisotopic (exact) mass is 293 g/mol. The van der Waals surface area contributed by atoms with E-state index in [1.54, 1.807) is 32.4 Å². The van der Waals surface area contributed by atoms with Crippen molar-refractivity contribution >= 4 is 11.7 Å². The fourth-order valence-electron chi connectivity index (χ4n) is 2.42. The second kappa shape index (κ2) is 7.17. The average Bonchev–Trinajstić information content (AvgIpc) is 2.49. The van der Waals surface area contributed by atoms with Gasteiger partial charge in [-0.25, -0.2) is 4.79 Å². The Morgan fingerprint density at radius 3 is 2.48 bits per heavy atom. The molecule has 0 atom stereocenters. The lowest BCUT2D eigenvalue weighted by Crippen LogP contribution is -2.44. The smallest absolute Gasteiger partial charge is 0.319 e. The Labute approximate surface area is 125 Å². The van der Waals surface area contributed by atoms with Crippen molar-refractivity contribution in [2.45, 2.75) is 18.9 Å². The number of piperidine rings is 1. The van der Waals surface area contributed by atoms with E-state index in [2.05, 4.69) is 22.6 Å². The first kappa shape index (κ1) is 15.4. The number of urea groups is 1. The Morgan fingerprint density at radius 1 is 1.19 bits per heavy atom. The Morgan fingerprint density at radius 2 is 1.86 bits per heavy atom. The molecule has 1 fully saturated rings. The average molecular weight is 293 g/mol. The zero-order valence-corrected chi connectivity index (χ0v) is 12.8. The number of anilines is 1. The van der Waals surface area contributed by atoms with E-state index >= 15 is 0 Å². The van der Waals surface area contributed by atoms with Gasteiger partial charge < -0.3 is 25.0 Å². The van der Waals surface area contributed by atoms with Gasteiger partial charge in [-0.1, -0.05) is 0 Å². The molecule has 1 aromatic rings. The first-order valence-electron chi connectivity index (χ1n) is 7.10. The SMILES string of the molecule is COc1ccc(NC(=O)NC2CCN(C)CC2)cc1OC. The number of amides is 2. The Bertz CT molecular complexity index is 485. The van der Waals surface area contributed by atoms with Crippen molar-refractivity contribution in [1.82, 2.24) is 10.2 Å². The minimum absolute atomic E-state index is 0.184. The van der Waals surface area contributed by atoms with Gasteiger partial charge in [0.2, 0.25) is 0 Å². The summed E-state index contributed by atoms with van der Waals surface area (Å²) in [5.74, 6) is 1.23. The number of hydrogen-bond acceptors (Lipinski definition) is 4. The van der Waals surface area contributed by atoms with E-state index in [1.165, 1.54) is 0 Å². The first-order valence-corrected chi connectivity index (χ1v) is 7.10. The maximum Gasteiger partial charge on any atom is 0.319 e. The van der Waals surface area contributed by atoms with Crippen molar-refractivity contribution in [1.29, 1.82) is 0 Å². The molecule has 21 heavy (non-hydrogen) atoms. The number of benzene rings is 1. The van der Waals surface area contributed by atoms with Gasteiger partial charge in [-0.05, 0) is 45.1 Å². The van der Waals surface area contributed by atoms with E-state index in [0.717, 1.165) is 25.9 Å². The maximum atomic E-state index is 12.0. The molecule has 0 saturated carbocycles. The molecule has 2 amide bonds. The highest BCUT2D eigenvalue weighted by Crippen LogP contribution is 2.29. The molecule has 6 nitrogen and oxygen atoms in total. The Balaban J connectivity index is 1.90. The third-order valence-corrected chi connectivity index (χ3v) is 3.70. The molecule has 1 aliphatic heterocycles. The fourth-order valence-corrected chi connectivity index (χ4v) is 2.42. The van der Waals surface area contributed by atoms with Crippen LogP contribution in [0.5, 0.6) is 11.5 Å². The second-order valence-electron chi connectivity index (χ2n) is 5.25. The highest BCUT2D eigenvalue weighted by molar-refractivity contribution is 5.89. The molecule has 116 valence electrons. The number of methoxy groups -OCH3 is 2. The van der Waals surface area contributed by atoms with E-state index < -0.39 is 0 Å². The molecule has 6 heteroatoms. The van der Waals surface area contributed by atoms with Crippen LogP contribution in [0, 0.1) is 0 Å². The van der Waals surface area contributed by atoms with Gasteiger partial charge in [0, 0.05) is 17.8 Å². The third kappa shape index (κ3) is 4.26. The van der Waals surface area contributed by atoms with Crippen molar-refractivity contribution in [3.05, 3.63) is 18.2 Å². The van der Waals surface area contributed by atoms with Crippen LogP contribution < -0.4 is 20.1 Å². The van der Waals surface area contributed by atoms with Gasteiger partial charge in [0.1, 0.15) is 0 Å². The molecule has 0 bridgehead atoms. The highest BCUT2D eigenvalue weighted by Gasteiger charge is 2.18. The third-order valence-electron chi connectivity index (χ3n) is 3.70. The molecular weight excluding hydrogens is 270 g/mol. The van der Waals surface area contributed by atoms with Gasteiger partial charge in [-0.15, -0.1) is 0 Å². The Hall–Kier alpha value is -1.95. The van der Waals surface area contributed by atoms with E-state index in [1.807, 2.05) is 0 Å². The van der Waals surface area contributed by atoms with Gasteiger partial charge in [0.15, 0.2) is 11.5 Å². The Kier molecular flexibility index (Phi) is 5.27. The number of hydrogen-bond donors (Lipinski definition) is 2. The number of nitrogens with zero attached hydrogens (tertiary/aromatic N) is 1. The van der Waals surface area contributed by atoms with Crippen LogP contribution >= 0.6 is 0 Å². The van der Waals surface area contributed by atoms with Crippen molar-refractivity contribution in [2.24, 2.45) is 0 Å². The van der Waals surface area contributed by atoms with Crippen molar-refractivity contribution < 1.29 is 14.3 Å². The number of carbonyl (C=O) groups is 1. The molecule has 1 aliphatic rings. The number of rotatable bonds is 4. The van der Waals surface area contributed by atoms with Crippen LogP contribution in [-0.2, 0) is 0 Å². The normalized spacial score (nSPS) is 16.3. The standard InChI is InChI=1S/C15H23N3O3/c1-18-8-6-11(7-9-18)16-15(19)17-12-4-5-13(20-2)14(10-12)21-3/h4-5,10-11H,6-9H2,1-3H3,(H2,16,17,19). The first-order chi connectivity index (χ1) is 10.1. The summed E-state index contributed by atoms with van der Waals surface area (Å²) in [5.41, 5.74) is 0.679. The van der Waals surface area contributed by atoms with Crippen molar-refractivity contribution in [2.75, 3.05) is 39.7 Å². The molecule has 1 saturated heterocycles. The largest absolute Gasteiger partial charge is 0.493 e. The molecule has 0 aromatic heterocycles. The van der Waals surface area contributed by atoms with Crippen LogP contribution in [0.3, 0.4) is 0 Å². The van der Waals surface area contributed by atoms with Crippen molar-refractivity contribution in [3.63, 3.8) is 0 Å². The van der Waals surface area contributed by atoms with E-state index in [-0.39, 0.29) is 12.1 Å². The molecule has 1 heterocycles. The van der Waals surface area contributed by atoms with Crippen molar-refractivity contribution in [3.8, 4) is 11.5 Å². The number of carbonyl (C=O) groups excluding carboxylic acids is 1. The lowest BCUT2D eigenvalue weighted by molar-refractivity contribution is 0.221. The van der Waals surface area contributed by atoms with Gasteiger partial charge in [0.25, 0.3) is 0 Å². The van der Waals surface area contributed by atoms with Crippen LogP contribution in [0.4, 0.5) is 10.5 Å². The minimum Gasteiger partial charge on any atom is -0.493 e. The van der Waals surface area contributed by atoms with Crippen LogP contribution in [-0.4, -0.2) is 51.3 Å². The van der Waals surface area contributed by atoms with Crippen LogP contribution in [0.25, 0.3) is 0 Å². The van der Waals surface area contributed by atoms with Crippen LogP contribution in [0.2, 0.25) is 0 Å². The summed E-state index contributed by atoms with van der Waals surface area (Å²) >= 11 is 0. The lowest BCUT2D eigenvalue weighted by atomic mass is 10.1. The lowest BCUT2D eigenvalue weighted by Gasteiger charge is -2.29. The van der Waals surface area contributed by atoms with E-state index in [4.69, 9.17) is 9.47 Å². The predicted octanol–water partition coefficient (Wildman–Crippen LogP) is 1.92. The summed E-state index contributed by atoms with van der Waals surface area (Å²) in [6, 6.07) is 5.35. The van der Waals surface area contributed by atoms with E-state index in [9.17, 15) is 4.79 Å². The second-order valence-corrected chi connectivity index (χ2v) is 5.25. The van der Waals surface area contributed by atoms with Crippen LogP contribution in [0.15, 0.2) is 18.2 Å². The number of ether oxygens (including phenoxy) is 2.